The smallest absolute Gasteiger partial charge is 0.378 e. The van der Waals surface area contributed by atoms with Crippen LogP contribution in [0.1, 0.15) is 15.9 Å². The molecule has 3 rings (SSSR count). The monoisotopic (exact) mass is 428 g/mol. The fourth-order valence-corrected chi connectivity index (χ4v) is 3.19. The van der Waals surface area contributed by atoms with Gasteiger partial charge in [0, 0.05) is 17.6 Å². The highest BCUT2D eigenvalue weighted by atomic mass is 79.9. The molecule has 8 heteroatoms. The zero-order valence-corrected chi connectivity index (χ0v) is 15.2. The minimum Gasteiger partial charge on any atom is -0.378 e. The zero-order chi connectivity index (χ0) is 18.7. The first kappa shape index (κ1) is 18.7. The van der Waals surface area contributed by atoms with Gasteiger partial charge in [0.2, 0.25) is 0 Å². The van der Waals surface area contributed by atoms with Crippen LogP contribution in [0, 0.1) is 0 Å². The molecule has 1 heterocycles. The number of amides is 1. The first-order valence-electron chi connectivity index (χ1n) is 7.96. The summed E-state index contributed by atoms with van der Waals surface area (Å²) in [6.07, 6.45) is -4.49. The van der Waals surface area contributed by atoms with Crippen LogP contribution >= 0.6 is 15.9 Å². The standard InChI is InChI=1S/C18H16BrF3N2O2/c19-14-4-2-1-3-13(14)17(25)23-15-11-12(18(20,21)22)5-6-16(15)24-7-9-26-10-8-24/h1-6,11H,7-10H2,(H,23,25). The molecule has 0 atom stereocenters. The Morgan fingerprint density at radius 3 is 2.46 bits per heavy atom. The quantitative estimate of drug-likeness (QED) is 0.778. The molecule has 2 aromatic rings. The summed E-state index contributed by atoms with van der Waals surface area (Å²) in [6.45, 7) is 2.06. The zero-order valence-electron chi connectivity index (χ0n) is 13.6. The van der Waals surface area contributed by atoms with Gasteiger partial charge >= 0.3 is 6.18 Å². The Balaban J connectivity index is 1.96. The van der Waals surface area contributed by atoms with Crippen LogP contribution in [-0.2, 0) is 10.9 Å². The van der Waals surface area contributed by atoms with Crippen LogP contribution < -0.4 is 10.2 Å². The lowest BCUT2D eigenvalue weighted by Gasteiger charge is -2.31. The normalized spacial score (nSPS) is 15.0. The summed E-state index contributed by atoms with van der Waals surface area (Å²) in [4.78, 5) is 14.5. The summed E-state index contributed by atoms with van der Waals surface area (Å²) in [5.74, 6) is -0.480. The first-order valence-corrected chi connectivity index (χ1v) is 8.75. The molecule has 1 aliphatic rings. The van der Waals surface area contributed by atoms with Gasteiger partial charge in [-0.25, -0.2) is 0 Å². The van der Waals surface area contributed by atoms with E-state index in [1.54, 1.807) is 24.3 Å². The Morgan fingerprint density at radius 2 is 1.81 bits per heavy atom. The van der Waals surface area contributed by atoms with Gasteiger partial charge in [-0.05, 0) is 46.3 Å². The van der Waals surface area contributed by atoms with Crippen molar-refractivity contribution in [3.05, 3.63) is 58.1 Å². The lowest BCUT2D eigenvalue weighted by atomic mass is 10.1. The SMILES string of the molecule is O=C(Nc1cc(C(F)(F)F)ccc1N1CCOCC1)c1ccccc1Br. The van der Waals surface area contributed by atoms with Crippen LogP contribution in [0.15, 0.2) is 46.9 Å². The second-order valence-electron chi connectivity index (χ2n) is 5.76. The minimum absolute atomic E-state index is 0.127. The number of nitrogens with one attached hydrogen (secondary N) is 1. The number of alkyl halides is 3. The Bertz CT molecular complexity index is 805. The molecule has 0 aliphatic carbocycles. The first-order chi connectivity index (χ1) is 12.4. The summed E-state index contributed by atoms with van der Waals surface area (Å²) in [7, 11) is 0. The maximum absolute atomic E-state index is 13.1. The van der Waals surface area contributed by atoms with Gasteiger partial charge in [0.05, 0.1) is 35.7 Å². The molecular weight excluding hydrogens is 413 g/mol. The highest BCUT2D eigenvalue weighted by Crippen LogP contribution is 2.36. The Kier molecular flexibility index (Phi) is 5.52. The summed E-state index contributed by atoms with van der Waals surface area (Å²) in [5.41, 5.74) is 0.207. The van der Waals surface area contributed by atoms with Crippen LogP contribution in [0.2, 0.25) is 0 Å². The number of carbonyl (C=O) groups excluding carboxylic acids is 1. The molecule has 0 bridgehead atoms. The molecule has 0 spiro atoms. The van der Waals surface area contributed by atoms with E-state index in [1.165, 1.54) is 6.07 Å². The summed E-state index contributed by atoms with van der Waals surface area (Å²) in [6, 6.07) is 10.1. The van der Waals surface area contributed by atoms with E-state index in [0.29, 0.717) is 42.0 Å². The van der Waals surface area contributed by atoms with Crippen LogP contribution in [0.5, 0.6) is 0 Å². The van der Waals surface area contributed by atoms with E-state index >= 15 is 0 Å². The topological polar surface area (TPSA) is 41.6 Å². The van der Waals surface area contributed by atoms with E-state index in [2.05, 4.69) is 21.2 Å². The maximum atomic E-state index is 13.1. The molecule has 1 fully saturated rings. The van der Waals surface area contributed by atoms with Crippen molar-refractivity contribution in [1.29, 1.82) is 0 Å². The van der Waals surface area contributed by atoms with E-state index in [-0.39, 0.29) is 5.69 Å². The van der Waals surface area contributed by atoms with Crippen LogP contribution in [0.4, 0.5) is 24.5 Å². The highest BCUT2D eigenvalue weighted by molar-refractivity contribution is 9.10. The molecule has 0 unspecified atom stereocenters. The number of halogens is 4. The molecule has 1 saturated heterocycles. The molecule has 1 N–H and O–H groups in total. The Morgan fingerprint density at radius 1 is 1.12 bits per heavy atom. The third kappa shape index (κ3) is 4.19. The summed E-state index contributed by atoms with van der Waals surface area (Å²) >= 11 is 3.28. The second-order valence-corrected chi connectivity index (χ2v) is 6.62. The number of morpholine rings is 1. The molecule has 0 radical (unpaired) electrons. The Hall–Kier alpha value is -2.06. The van der Waals surface area contributed by atoms with Crippen LogP contribution in [0.25, 0.3) is 0 Å². The molecule has 26 heavy (non-hydrogen) atoms. The predicted molar refractivity (Wildman–Crippen MR) is 96.6 cm³/mol. The molecule has 1 amide bonds. The van der Waals surface area contributed by atoms with Crippen molar-refractivity contribution >= 4 is 33.2 Å². The van der Waals surface area contributed by atoms with E-state index in [9.17, 15) is 18.0 Å². The van der Waals surface area contributed by atoms with Crippen molar-refractivity contribution in [1.82, 2.24) is 0 Å². The van der Waals surface area contributed by atoms with Crippen molar-refractivity contribution in [3.63, 3.8) is 0 Å². The number of hydrogen-bond donors (Lipinski definition) is 1. The lowest BCUT2D eigenvalue weighted by molar-refractivity contribution is -0.137. The van der Waals surface area contributed by atoms with Crippen molar-refractivity contribution in [2.45, 2.75) is 6.18 Å². The molecule has 0 aromatic heterocycles. The van der Waals surface area contributed by atoms with Gasteiger partial charge in [0.25, 0.3) is 5.91 Å². The van der Waals surface area contributed by atoms with Gasteiger partial charge in [-0.3, -0.25) is 4.79 Å². The summed E-state index contributed by atoms with van der Waals surface area (Å²) in [5, 5.41) is 2.63. The molecule has 0 saturated carbocycles. The second kappa shape index (κ2) is 7.67. The van der Waals surface area contributed by atoms with Gasteiger partial charge < -0.3 is 15.0 Å². The van der Waals surface area contributed by atoms with Gasteiger partial charge in [-0.2, -0.15) is 13.2 Å². The van der Waals surface area contributed by atoms with E-state index < -0.39 is 17.6 Å². The maximum Gasteiger partial charge on any atom is 0.416 e. The average Bonchev–Trinajstić information content (AvgIpc) is 2.62. The van der Waals surface area contributed by atoms with E-state index in [4.69, 9.17) is 4.74 Å². The molecular formula is C18H16BrF3N2O2. The molecule has 4 nitrogen and oxygen atoms in total. The van der Waals surface area contributed by atoms with Gasteiger partial charge in [0.1, 0.15) is 0 Å². The number of ether oxygens (including phenoxy) is 1. The van der Waals surface area contributed by atoms with Gasteiger partial charge in [-0.15, -0.1) is 0 Å². The minimum atomic E-state index is -4.49. The van der Waals surface area contributed by atoms with E-state index in [1.807, 2.05) is 4.90 Å². The predicted octanol–water partition coefficient (Wildman–Crippen LogP) is 4.56. The van der Waals surface area contributed by atoms with Crippen LogP contribution in [-0.4, -0.2) is 32.2 Å². The third-order valence-corrected chi connectivity index (χ3v) is 4.73. The number of hydrogen-bond acceptors (Lipinski definition) is 3. The van der Waals surface area contributed by atoms with Crippen molar-refractivity contribution < 1.29 is 22.7 Å². The number of carbonyl (C=O) groups is 1. The third-order valence-electron chi connectivity index (χ3n) is 4.04. The number of rotatable bonds is 3. The summed E-state index contributed by atoms with van der Waals surface area (Å²) < 4.78 is 45.2. The fourth-order valence-electron chi connectivity index (χ4n) is 2.73. The van der Waals surface area contributed by atoms with Crippen LogP contribution in [0.3, 0.4) is 0 Å². The number of benzene rings is 2. The molecule has 2 aromatic carbocycles. The number of anilines is 2. The fraction of sp³-hybridized carbons (Fsp3) is 0.278. The van der Waals surface area contributed by atoms with Gasteiger partial charge in [0.15, 0.2) is 0 Å². The Labute approximate surface area is 157 Å². The molecule has 138 valence electrons. The average molecular weight is 429 g/mol. The lowest BCUT2D eigenvalue weighted by Crippen LogP contribution is -2.36. The largest absolute Gasteiger partial charge is 0.416 e. The van der Waals surface area contributed by atoms with Crippen molar-refractivity contribution in [3.8, 4) is 0 Å². The van der Waals surface area contributed by atoms with Crippen molar-refractivity contribution in [2.75, 3.05) is 36.5 Å². The van der Waals surface area contributed by atoms with E-state index in [0.717, 1.165) is 12.1 Å². The van der Waals surface area contributed by atoms with Crippen molar-refractivity contribution in [2.24, 2.45) is 0 Å². The van der Waals surface area contributed by atoms with Gasteiger partial charge in [-0.1, -0.05) is 12.1 Å². The highest BCUT2D eigenvalue weighted by Gasteiger charge is 2.32. The molecule has 1 aliphatic heterocycles. The number of nitrogens with zero attached hydrogens (tertiary/aromatic N) is 1.